The van der Waals surface area contributed by atoms with E-state index in [-0.39, 0.29) is 22.2 Å². The largest absolute Gasteiger partial charge is 0.515 e. The summed E-state index contributed by atoms with van der Waals surface area (Å²) >= 11 is 0. The van der Waals surface area contributed by atoms with E-state index in [9.17, 15) is 9.59 Å². The Balaban J connectivity index is 5.50. The van der Waals surface area contributed by atoms with Crippen molar-refractivity contribution in [2.45, 2.75) is 84.4 Å². The summed E-state index contributed by atoms with van der Waals surface area (Å²) in [6, 6.07) is 0. The second-order valence-corrected chi connectivity index (χ2v) is 12.2. The van der Waals surface area contributed by atoms with E-state index in [0.29, 0.717) is 6.42 Å². The smallest absolute Gasteiger partial charge is 0.328 e. The molecule has 0 aliphatic carbocycles. The van der Waals surface area contributed by atoms with Gasteiger partial charge in [-0.25, -0.2) is 9.59 Å². The average Bonchev–Trinajstić information content (AvgIpc) is 2.38. The molecular weight excluding hydrogens is 296 g/mol. The molecule has 0 saturated heterocycles. The Kier molecular flexibility index (Phi) is 8.67. The maximum Gasteiger partial charge on any atom is 0.328 e. The van der Waals surface area contributed by atoms with Gasteiger partial charge in [0.25, 0.3) is 8.32 Å². The zero-order valence-electron chi connectivity index (χ0n) is 15.1. The second kappa shape index (κ2) is 9.13. The summed E-state index contributed by atoms with van der Waals surface area (Å²) in [5, 5.41) is 8.99. The van der Waals surface area contributed by atoms with Gasteiger partial charge in [-0.2, -0.15) is 0 Å². The highest BCUT2D eigenvalue weighted by molar-refractivity contribution is 6.79. The summed E-state index contributed by atoms with van der Waals surface area (Å²) in [5.41, 5.74) is 1.14. The fourth-order valence-electron chi connectivity index (χ4n) is 3.33. The highest BCUT2D eigenvalue weighted by Crippen LogP contribution is 2.42. The first kappa shape index (κ1) is 20.9. The summed E-state index contributed by atoms with van der Waals surface area (Å²) in [6.07, 6.45) is 3.16. The minimum atomic E-state index is -2.33. The third-order valence-electron chi connectivity index (χ3n) is 4.34. The van der Waals surface area contributed by atoms with Gasteiger partial charge in [0.1, 0.15) is 0 Å². The lowest BCUT2D eigenvalue weighted by Gasteiger charge is -2.41. The molecule has 0 spiro atoms. The first-order valence-corrected chi connectivity index (χ1v) is 10.4. The van der Waals surface area contributed by atoms with E-state index in [0.717, 1.165) is 18.9 Å². The number of carboxylic acids is 1. The number of hydrogen-bond donors (Lipinski definition) is 1. The lowest BCUT2D eigenvalue weighted by molar-refractivity contribution is -0.134. The predicted molar refractivity (Wildman–Crippen MR) is 92.4 cm³/mol. The number of carbonyl (C=O) groups is 2. The molecule has 0 saturated carbocycles. The van der Waals surface area contributed by atoms with Gasteiger partial charge in [-0.1, -0.05) is 54.9 Å². The second-order valence-electron chi connectivity index (χ2n) is 6.82. The maximum absolute atomic E-state index is 12.6. The molecule has 5 heteroatoms. The molecule has 4 nitrogen and oxygen atoms in total. The molecule has 0 heterocycles. The van der Waals surface area contributed by atoms with Crippen LogP contribution < -0.4 is 0 Å². The van der Waals surface area contributed by atoms with Crippen molar-refractivity contribution in [1.29, 1.82) is 0 Å². The lowest BCUT2D eigenvalue weighted by atomic mass is 10.1. The molecule has 0 rings (SSSR count). The summed E-state index contributed by atoms with van der Waals surface area (Å²) in [7, 11) is -2.33. The van der Waals surface area contributed by atoms with Crippen LogP contribution in [0.2, 0.25) is 16.6 Å². The molecule has 0 atom stereocenters. The predicted octanol–water partition coefficient (Wildman–Crippen LogP) is 4.91. The van der Waals surface area contributed by atoms with Crippen molar-refractivity contribution in [3.8, 4) is 0 Å². The Morgan fingerprint density at radius 2 is 1.50 bits per heavy atom. The van der Waals surface area contributed by atoms with E-state index in [2.05, 4.69) is 41.5 Å². The Bertz CT molecular complexity index is 389. The highest BCUT2D eigenvalue weighted by atomic mass is 28.4. The average molecular weight is 329 g/mol. The van der Waals surface area contributed by atoms with E-state index < -0.39 is 20.3 Å². The Labute approximate surface area is 136 Å². The summed E-state index contributed by atoms with van der Waals surface area (Å²) in [5.74, 6) is -1.52. The van der Waals surface area contributed by atoms with Crippen molar-refractivity contribution >= 4 is 20.3 Å². The zero-order valence-corrected chi connectivity index (χ0v) is 16.1. The van der Waals surface area contributed by atoms with Crippen molar-refractivity contribution in [2.75, 3.05) is 0 Å². The molecule has 0 bridgehead atoms. The van der Waals surface area contributed by atoms with Crippen LogP contribution in [-0.4, -0.2) is 25.4 Å². The number of hydrogen-bond acceptors (Lipinski definition) is 3. The molecule has 0 radical (unpaired) electrons. The fourth-order valence-corrected chi connectivity index (χ4v) is 8.49. The first-order valence-electron chi connectivity index (χ1n) is 8.26. The number of rotatable bonds is 9. The van der Waals surface area contributed by atoms with E-state index >= 15 is 0 Å². The van der Waals surface area contributed by atoms with Gasteiger partial charge in [-0.3, -0.25) is 0 Å². The quantitative estimate of drug-likeness (QED) is 0.482. The first-order chi connectivity index (χ1) is 10.1. The molecule has 22 heavy (non-hydrogen) atoms. The summed E-state index contributed by atoms with van der Waals surface area (Å²) < 4.78 is 6.05. The number of unbranched alkanes of at least 4 members (excludes halogenated alkanes) is 1. The monoisotopic (exact) mass is 328 g/mol. The topological polar surface area (TPSA) is 63.6 Å². The van der Waals surface area contributed by atoms with Crippen LogP contribution in [0.15, 0.2) is 11.6 Å². The maximum atomic E-state index is 12.6. The molecule has 1 N–H and O–H groups in total. The standard InChI is InChI=1S/C17H32O4Si/c1-8-9-10-15(11-16(18)19)17(20)21-22(12(2)3,13(4)5)14(6)7/h11-14H,8-10H2,1-7H3,(H,18,19)/b15-11-. The lowest BCUT2D eigenvalue weighted by Crippen LogP contribution is -2.49. The van der Waals surface area contributed by atoms with Crippen LogP contribution in [0.1, 0.15) is 67.7 Å². The van der Waals surface area contributed by atoms with Crippen LogP contribution in [0, 0.1) is 0 Å². The van der Waals surface area contributed by atoms with Gasteiger partial charge < -0.3 is 9.53 Å². The van der Waals surface area contributed by atoms with Crippen molar-refractivity contribution in [1.82, 2.24) is 0 Å². The van der Waals surface area contributed by atoms with Crippen LogP contribution in [0.25, 0.3) is 0 Å². The van der Waals surface area contributed by atoms with Gasteiger partial charge in [0.05, 0.1) is 0 Å². The number of carbonyl (C=O) groups excluding carboxylic acids is 1. The third-order valence-corrected chi connectivity index (χ3v) is 10.3. The summed E-state index contributed by atoms with van der Waals surface area (Å²) in [6.45, 7) is 14.6. The minimum absolute atomic E-state index is 0.285. The van der Waals surface area contributed by atoms with Gasteiger partial charge >= 0.3 is 11.9 Å². The molecule has 0 aromatic rings. The van der Waals surface area contributed by atoms with Gasteiger partial charge in [-0.05, 0) is 29.5 Å². The summed E-state index contributed by atoms with van der Waals surface area (Å²) in [4.78, 5) is 23.6. The van der Waals surface area contributed by atoms with Crippen LogP contribution in [0.4, 0.5) is 0 Å². The molecule has 0 amide bonds. The van der Waals surface area contributed by atoms with Crippen molar-refractivity contribution in [2.24, 2.45) is 0 Å². The van der Waals surface area contributed by atoms with Gasteiger partial charge in [0, 0.05) is 11.6 Å². The van der Waals surface area contributed by atoms with E-state index in [1.807, 2.05) is 6.92 Å². The highest BCUT2D eigenvalue weighted by Gasteiger charge is 2.48. The molecule has 0 aromatic heterocycles. The number of aliphatic carboxylic acids is 1. The molecule has 0 aliphatic heterocycles. The van der Waals surface area contributed by atoms with Crippen molar-refractivity contribution in [3.63, 3.8) is 0 Å². The van der Waals surface area contributed by atoms with E-state index in [4.69, 9.17) is 9.53 Å². The Morgan fingerprint density at radius 3 is 1.82 bits per heavy atom. The van der Waals surface area contributed by atoms with Crippen LogP contribution in [0.3, 0.4) is 0 Å². The molecule has 128 valence electrons. The number of carboxylic acid groups (broad SMARTS) is 1. The van der Waals surface area contributed by atoms with Crippen LogP contribution in [0.5, 0.6) is 0 Å². The van der Waals surface area contributed by atoms with Gasteiger partial charge in [0.15, 0.2) is 0 Å². The van der Waals surface area contributed by atoms with E-state index in [1.54, 1.807) is 0 Å². The molecule has 0 aliphatic rings. The Hall–Kier alpha value is -1.10. The van der Waals surface area contributed by atoms with Crippen molar-refractivity contribution < 1.29 is 19.1 Å². The zero-order chi connectivity index (χ0) is 17.5. The molecule has 0 unspecified atom stereocenters. The molecular formula is C17H32O4Si. The van der Waals surface area contributed by atoms with Gasteiger partial charge in [0.2, 0.25) is 0 Å². The van der Waals surface area contributed by atoms with Crippen LogP contribution in [-0.2, 0) is 14.0 Å². The Morgan fingerprint density at radius 1 is 1.05 bits per heavy atom. The molecule has 0 fully saturated rings. The fraction of sp³-hybridized carbons (Fsp3) is 0.765. The molecule has 0 aromatic carbocycles. The third kappa shape index (κ3) is 5.27. The normalized spacial score (nSPS) is 13.1. The van der Waals surface area contributed by atoms with Crippen molar-refractivity contribution in [3.05, 3.63) is 11.6 Å². The van der Waals surface area contributed by atoms with Gasteiger partial charge in [-0.15, -0.1) is 0 Å². The van der Waals surface area contributed by atoms with Crippen LogP contribution >= 0.6 is 0 Å². The van der Waals surface area contributed by atoms with E-state index in [1.165, 1.54) is 0 Å². The SMILES string of the molecule is CCCC/C(=C/C(=O)O)C(=O)O[Si](C(C)C)(C(C)C)C(C)C. The minimum Gasteiger partial charge on any atom is -0.515 e.